The lowest BCUT2D eigenvalue weighted by Gasteiger charge is -2.10. The van der Waals surface area contributed by atoms with E-state index in [2.05, 4.69) is 4.72 Å². The van der Waals surface area contributed by atoms with E-state index >= 15 is 0 Å². The maximum Gasteiger partial charge on any atom is 0.262 e. The lowest BCUT2D eigenvalue weighted by Crippen LogP contribution is -2.13. The van der Waals surface area contributed by atoms with Crippen LogP contribution in [0, 0.1) is 11.6 Å². The van der Waals surface area contributed by atoms with Gasteiger partial charge in [-0.1, -0.05) is 11.6 Å². The quantitative estimate of drug-likeness (QED) is 0.854. The van der Waals surface area contributed by atoms with Crippen molar-refractivity contribution in [3.63, 3.8) is 0 Å². The summed E-state index contributed by atoms with van der Waals surface area (Å²) in [5, 5.41) is 9.78. The fourth-order valence-corrected chi connectivity index (χ4v) is 2.69. The van der Waals surface area contributed by atoms with Crippen LogP contribution in [0.15, 0.2) is 41.3 Å². The van der Waals surface area contributed by atoms with Crippen LogP contribution in [0.2, 0.25) is 5.02 Å². The largest absolute Gasteiger partial charge is 0.506 e. The van der Waals surface area contributed by atoms with Crippen molar-refractivity contribution in [2.24, 2.45) is 0 Å². The second-order valence-corrected chi connectivity index (χ2v) is 5.96. The van der Waals surface area contributed by atoms with E-state index in [1.54, 1.807) is 0 Å². The Balaban J connectivity index is 2.38. The number of hydrogen-bond acceptors (Lipinski definition) is 3. The Morgan fingerprint density at radius 3 is 2.35 bits per heavy atom. The molecule has 0 atom stereocenters. The van der Waals surface area contributed by atoms with Crippen molar-refractivity contribution in [2.45, 2.75) is 4.90 Å². The molecule has 2 aromatic rings. The normalized spacial score (nSPS) is 11.3. The summed E-state index contributed by atoms with van der Waals surface area (Å²) in [5.41, 5.74) is -0.126. The Morgan fingerprint density at radius 1 is 1.05 bits per heavy atom. The molecule has 0 heterocycles. The minimum atomic E-state index is -4.15. The zero-order valence-corrected chi connectivity index (χ0v) is 11.3. The van der Waals surface area contributed by atoms with Crippen LogP contribution in [0.3, 0.4) is 0 Å². The lowest BCUT2D eigenvalue weighted by molar-refractivity contribution is 0.477. The Bertz CT molecular complexity index is 765. The summed E-state index contributed by atoms with van der Waals surface area (Å²) in [4.78, 5) is -0.467. The van der Waals surface area contributed by atoms with Crippen molar-refractivity contribution in [3.8, 4) is 5.75 Å². The van der Waals surface area contributed by atoms with Crippen LogP contribution in [0.25, 0.3) is 0 Å². The maximum absolute atomic E-state index is 13.0. The van der Waals surface area contributed by atoms with Crippen LogP contribution in [0.4, 0.5) is 14.5 Å². The van der Waals surface area contributed by atoms with Crippen LogP contribution in [-0.4, -0.2) is 13.5 Å². The van der Waals surface area contributed by atoms with E-state index in [0.29, 0.717) is 12.1 Å². The molecule has 4 nitrogen and oxygen atoms in total. The van der Waals surface area contributed by atoms with E-state index in [0.717, 1.165) is 12.1 Å². The van der Waals surface area contributed by atoms with Gasteiger partial charge in [-0.05, 0) is 30.3 Å². The van der Waals surface area contributed by atoms with Gasteiger partial charge >= 0.3 is 0 Å². The van der Waals surface area contributed by atoms with E-state index in [-0.39, 0.29) is 16.5 Å². The molecule has 0 aliphatic rings. The third-order valence-corrected chi connectivity index (χ3v) is 4.00. The van der Waals surface area contributed by atoms with Gasteiger partial charge in [-0.2, -0.15) is 0 Å². The first kappa shape index (κ1) is 14.5. The van der Waals surface area contributed by atoms with E-state index in [9.17, 15) is 22.3 Å². The molecule has 106 valence electrons. The summed E-state index contributed by atoms with van der Waals surface area (Å²) in [6, 6.07) is 5.91. The van der Waals surface area contributed by atoms with E-state index in [1.807, 2.05) is 0 Å². The van der Waals surface area contributed by atoms with Gasteiger partial charge in [0, 0.05) is 11.1 Å². The zero-order valence-electron chi connectivity index (χ0n) is 9.77. The standard InChI is InChI=1S/C12H8ClF2NO3S/c13-7-1-4-11(12(17)5-7)16-20(18,19)8-2-3-9(14)10(15)6-8/h1-6,16-17H. The molecule has 0 saturated heterocycles. The number of nitrogens with one attached hydrogen (secondary N) is 1. The first-order valence-corrected chi connectivity index (χ1v) is 7.12. The molecular weight excluding hydrogens is 312 g/mol. The van der Waals surface area contributed by atoms with Crippen LogP contribution in [-0.2, 0) is 10.0 Å². The van der Waals surface area contributed by atoms with Gasteiger partial charge in [0.25, 0.3) is 10.0 Å². The van der Waals surface area contributed by atoms with Crippen molar-refractivity contribution in [1.82, 2.24) is 0 Å². The van der Waals surface area contributed by atoms with Crippen LogP contribution >= 0.6 is 11.6 Å². The Morgan fingerprint density at radius 2 is 1.75 bits per heavy atom. The number of halogens is 3. The highest BCUT2D eigenvalue weighted by molar-refractivity contribution is 7.92. The second-order valence-electron chi connectivity index (χ2n) is 3.84. The number of aromatic hydroxyl groups is 1. The first-order valence-electron chi connectivity index (χ1n) is 5.26. The predicted molar refractivity (Wildman–Crippen MR) is 70.3 cm³/mol. The molecule has 0 unspecified atom stereocenters. The highest BCUT2D eigenvalue weighted by atomic mass is 35.5. The molecule has 0 aliphatic heterocycles. The summed E-state index contributed by atoms with van der Waals surface area (Å²) >= 11 is 5.61. The zero-order chi connectivity index (χ0) is 14.9. The molecule has 0 aliphatic carbocycles. The van der Waals surface area contributed by atoms with Gasteiger partial charge in [0.1, 0.15) is 5.75 Å². The van der Waals surface area contributed by atoms with Crippen molar-refractivity contribution in [1.29, 1.82) is 0 Å². The minimum absolute atomic E-state index is 0.126. The fraction of sp³-hybridized carbons (Fsp3) is 0. The van der Waals surface area contributed by atoms with Gasteiger partial charge in [-0.3, -0.25) is 4.72 Å². The number of anilines is 1. The highest BCUT2D eigenvalue weighted by Gasteiger charge is 2.18. The third-order valence-electron chi connectivity index (χ3n) is 2.41. The van der Waals surface area contributed by atoms with Crippen molar-refractivity contribution in [3.05, 3.63) is 53.1 Å². The molecule has 0 saturated carbocycles. The number of rotatable bonds is 3. The molecule has 0 amide bonds. The average molecular weight is 320 g/mol. The number of sulfonamides is 1. The molecule has 20 heavy (non-hydrogen) atoms. The number of phenols is 1. The van der Waals surface area contributed by atoms with Gasteiger partial charge in [-0.15, -0.1) is 0 Å². The molecular formula is C12H8ClF2NO3S. The lowest BCUT2D eigenvalue weighted by atomic mass is 10.3. The van der Waals surface area contributed by atoms with Crippen LogP contribution in [0.5, 0.6) is 5.75 Å². The van der Waals surface area contributed by atoms with Gasteiger partial charge in [-0.25, -0.2) is 17.2 Å². The van der Waals surface area contributed by atoms with E-state index < -0.39 is 26.6 Å². The van der Waals surface area contributed by atoms with Gasteiger partial charge < -0.3 is 5.11 Å². The Labute approximate surface area is 118 Å². The van der Waals surface area contributed by atoms with Crippen molar-refractivity contribution >= 4 is 27.3 Å². The smallest absolute Gasteiger partial charge is 0.262 e. The van der Waals surface area contributed by atoms with Gasteiger partial charge in [0.05, 0.1) is 10.6 Å². The van der Waals surface area contributed by atoms with E-state index in [4.69, 9.17) is 11.6 Å². The SMILES string of the molecule is O=S(=O)(Nc1ccc(Cl)cc1O)c1ccc(F)c(F)c1. The maximum atomic E-state index is 13.0. The fourth-order valence-electron chi connectivity index (χ4n) is 1.44. The first-order chi connectivity index (χ1) is 9.29. The van der Waals surface area contributed by atoms with E-state index in [1.165, 1.54) is 12.1 Å². The van der Waals surface area contributed by atoms with Crippen molar-refractivity contribution < 1.29 is 22.3 Å². The number of benzene rings is 2. The van der Waals surface area contributed by atoms with Gasteiger partial charge in [0.2, 0.25) is 0 Å². The molecule has 8 heteroatoms. The summed E-state index contributed by atoms with van der Waals surface area (Å²) in [5.74, 6) is -2.82. The summed E-state index contributed by atoms with van der Waals surface area (Å²) in [7, 11) is -4.15. The minimum Gasteiger partial charge on any atom is -0.506 e. The predicted octanol–water partition coefficient (Wildman–Crippen LogP) is 3.12. The number of hydrogen-bond donors (Lipinski definition) is 2. The molecule has 2 N–H and O–H groups in total. The average Bonchev–Trinajstić information content (AvgIpc) is 2.36. The molecule has 2 aromatic carbocycles. The topological polar surface area (TPSA) is 66.4 Å². The van der Waals surface area contributed by atoms with Crippen molar-refractivity contribution in [2.75, 3.05) is 4.72 Å². The summed E-state index contributed by atoms with van der Waals surface area (Å²) < 4.78 is 51.8. The summed E-state index contributed by atoms with van der Waals surface area (Å²) in [6.45, 7) is 0. The molecule has 0 aromatic heterocycles. The monoisotopic (exact) mass is 319 g/mol. The summed E-state index contributed by atoms with van der Waals surface area (Å²) in [6.07, 6.45) is 0. The third kappa shape index (κ3) is 3.00. The Hall–Kier alpha value is -1.86. The second kappa shape index (κ2) is 5.26. The van der Waals surface area contributed by atoms with Gasteiger partial charge in [0.15, 0.2) is 11.6 Å². The highest BCUT2D eigenvalue weighted by Crippen LogP contribution is 2.28. The molecule has 0 bridgehead atoms. The molecule has 0 fully saturated rings. The van der Waals surface area contributed by atoms with Crippen LogP contribution < -0.4 is 4.72 Å². The number of phenolic OH excluding ortho intramolecular Hbond substituents is 1. The Kier molecular flexibility index (Phi) is 3.82. The van der Waals surface area contributed by atoms with Crippen LogP contribution in [0.1, 0.15) is 0 Å². The molecule has 2 rings (SSSR count). The molecule has 0 radical (unpaired) electrons. The molecule has 0 spiro atoms.